The number of amides is 1. The first-order valence-corrected chi connectivity index (χ1v) is 10.9. The van der Waals surface area contributed by atoms with Gasteiger partial charge >= 0.3 is 0 Å². The maximum absolute atomic E-state index is 13.0. The van der Waals surface area contributed by atoms with Crippen LogP contribution in [0.1, 0.15) is 23.2 Å². The first kappa shape index (κ1) is 21.3. The molecular weight excluding hydrogens is 392 g/mol. The summed E-state index contributed by atoms with van der Waals surface area (Å²) in [4.78, 5) is 12.8. The summed E-state index contributed by atoms with van der Waals surface area (Å²) in [6.45, 7) is 0.992. The summed E-state index contributed by atoms with van der Waals surface area (Å²) in [5.74, 6) is -0.359. The smallest absolute Gasteiger partial charge is 0.264 e. The minimum absolute atomic E-state index is 0.0527. The minimum Gasteiger partial charge on any atom is -0.382 e. The Labute approximate surface area is 171 Å². The Balaban J connectivity index is 1.80. The van der Waals surface area contributed by atoms with Crippen molar-refractivity contribution in [3.05, 3.63) is 60.2 Å². The highest BCUT2D eigenvalue weighted by atomic mass is 32.2. The van der Waals surface area contributed by atoms with Crippen LogP contribution in [0.3, 0.4) is 0 Å². The van der Waals surface area contributed by atoms with Crippen LogP contribution in [0.2, 0.25) is 0 Å². The number of para-hydroxylation sites is 1. The fourth-order valence-corrected chi connectivity index (χ4v) is 4.57. The van der Waals surface area contributed by atoms with Gasteiger partial charge in [0.05, 0.1) is 29.3 Å². The molecule has 8 heteroatoms. The molecule has 0 bridgehead atoms. The van der Waals surface area contributed by atoms with Crippen molar-refractivity contribution in [3.8, 4) is 0 Å². The molecule has 1 heterocycles. The largest absolute Gasteiger partial charge is 0.382 e. The number of carbonyl (C=O) groups is 1. The molecule has 1 fully saturated rings. The van der Waals surface area contributed by atoms with E-state index >= 15 is 0 Å². The second-order valence-electron chi connectivity index (χ2n) is 6.92. The lowest BCUT2D eigenvalue weighted by Gasteiger charge is -2.24. The second-order valence-corrected chi connectivity index (χ2v) is 8.89. The van der Waals surface area contributed by atoms with E-state index in [2.05, 4.69) is 5.32 Å². The molecule has 7 nitrogen and oxygen atoms in total. The molecule has 1 saturated heterocycles. The van der Waals surface area contributed by atoms with Gasteiger partial charge < -0.3 is 14.8 Å². The molecule has 0 aliphatic carbocycles. The van der Waals surface area contributed by atoms with Crippen molar-refractivity contribution in [1.29, 1.82) is 0 Å². The highest BCUT2D eigenvalue weighted by molar-refractivity contribution is 7.92. The Morgan fingerprint density at radius 2 is 2.00 bits per heavy atom. The maximum Gasteiger partial charge on any atom is 0.264 e. The number of sulfonamides is 1. The van der Waals surface area contributed by atoms with Crippen LogP contribution in [0.15, 0.2) is 59.5 Å². The third kappa shape index (κ3) is 4.95. The molecule has 2 atom stereocenters. The third-order valence-electron chi connectivity index (χ3n) is 4.95. The molecule has 1 aliphatic rings. The summed E-state index contributed by atoms with van der Waals surface area (Å²) < 4.78 is 38.1. The van der Waals surface area contributed by atoms with E-state index in [9.17, 15) is 13.2 Å². The highest BCUT2D eigenvalue weighted by Crippen LogP contribution is 2.22. The van der Waals surface area contributed by atoms with Crippen LogP contribution >= 0.6 is 0 Å². The van der Waals surface area contributed by atoms with Crippen molar-refractivity contribution in [1.82, 2.24) is 5.32 Å². The van der Waals surface area contributed by atoms with Crippen LogP contribution in [-0.2, 0) is 19.5 Å². The summed E-state index contributed by atoms with van der Waals surface area (Å²) in [6.07, 6.45) is 1.69. The van der Waals surface area contributed by atoms with E-state index in [0.717, 1.165) is 12.8 Å². The molecule has 1 aliphatic heterocycles. The number of ether oxygens (including phenoxy) is 2. The van der Waals surface area contributed by atoms with Gasteiger partial charge in [0, 0.05) is 26.3 Å². The third-order valence-corrected chi connectivity index (χ3v) is 6.73. The molecule has 0 spiro atoms. The number of hydrogen-bond acceptors (Lipinski definition) is 5. The average Bonchev–Trinajstić information content (AvgIpc) is 3.28. The number of anilines is 1. The molecule has 0 unspecified atom stereocenters. The predicted molar refractivity (Wildman–Crippen MR) is 111 cm³/mol. The molecule has 3 rings (SSSR count). The number of rotatable bonds is 8. The van der Waals surface area contributed by atoms with Crippen LogP contribution in [0, 0.1) is 0 Å². The summed E-state index contributed by atoms with van der Waals surface area (Å²) in [5.41, 5.74) is 0.813. The van der Waals surface area contributed by atoms with Gasteiger partial charge in [0.15, 0.2) is 0 Å². The fourth-order valence-electron chi connectivity index (χ4n) is 3.33. The normalized spacial score (nSPS) is 17.7. The van der Waals surface area contributed by atoms with Crippen molar-refractivity contribution in [2.24, 2.45) is 0 Å². The van der Waals surface area contributed by atoms with Crippen LogP contribution in [0.5, 0.6) is 0 Å². The number of nitrogens with zero attached hydrogens (tertiary/aromatic N) is 1. The van der Waals surface area contributed by atoms with Crippen molar-refractivity contribution in [2.75, 3.05) is 31.7 Å². The van der Waals surface area contributed by atoms with E-state index in [0.29, 0.717) is 18.9 Å². The van der Waals surface area contributed by atoms with E-state index < -0.39 is 10.0 Å². The number of hydrogen-bond donors (Lipinski definition) is 1. The lowest BCUT2D eigenvalue weighted by atomic mass is 10.1. The monoisotopic (exact) mass is 418 g/mol. The zero-order valence-electron chi connectivity index (χ0n) is 16.6. The van der Waals surface area contributed by atoms with Crippen LogP contribution in [-0.4, -0.2) is 53.8 Å². The maximum atomic E-state index is 13.0. The summed E-state index contributed by atoms with van der Waals surface area (Å²) >= 11 is 0. The van der Waals surface area contributed by atoms with Crippen LogP contribution < -0.4 is 9.62 Å². The number of carbonyl (C=O) groups excluding carboxylic acids is 1. The first-order chi connectivity index (χ1) is 13.9. The first-order valence-electron chi connectivity index (χ1n) is 9.49. The molecule has 0 radical (unpaired) electrons. The summed E-state index contributed by atoms with van der Waals surface area (Å²) in [7, 11) is -0.739. The van der Waals surface area contributed by atoms with Crippen molar-refractivity contribution in [2.45, 2.75) is 29.9 Å². The zero-order chi connectivity index (χ0) is 20.9. The van der Waals surface area contributed by atoms with E-state index in [1.165, 1.54) is 23.5 Å². The average molecular weight is 419 g/mol. The lowest BCUT2D eigenvalue weighted by molar-refractivity contribution is 0.0403. The Morgan fingerprint density at radius 3 is 2.66 bits per heavy atom. The lowest BCUT2D eigenvalue weighted by Crippen LogP contribution is -2.46. The molecule has 0 aromatic heterocycles. The molecular formula is C21H26N2O5S. The van der Waals surface area contributed by atoms with Gasteiger partial charge in [-0.1, -0.05) is 24.3 Å². The summed E-state index contributed by atoms with van der Waals surface area (Å²) in [6, 6.07) is 14.5. The SMILES string of the molecule is COC[C@@H](NC(=O)c1cccc(S(=O)(=O)N(C)c2ccccc2)c1)[C@@H]1CCCO1. The number of benzene rings is 2. The van der Waals surface area contributed by atoms with Crippen LogP contribution in [0.25, 0.3) is 0 Å². The van der Waals surface area contributed by atoms with Gasteiger partial charge in [0.25, 0.3) is 15.9 Å². The number of nitrogens with one attached hydrogen (secondary N) is 1. The standard InChI is InChI=1S/C21H26N2O5S/c1-23(17-9-4-3-5-10-17)29(25,26)18-11-6-8-16(14-18)21(24)22-19(15-27-2)20-12-7-13-28-20/h3-6,8-11,14,19-20H,7,12-13,15H2,1-2H3,(H,22,24)/t19-,20+/m1/s1. The quantitative estimate of drug-likeness (QED) is 0.712. The molecule has 0 saturated carbocycles. The van der Waals surface area contributed by atoms with Gasteiger partial charge in [-0.25, -0.2) is 8.42 Å². The van der Waals surface area contributed by atoms with Gasteiger partial charge in [-0.15, -0.1) is 0 Å². The van der Waals surface area contributed by atoms with Crippen molar-refractivity contribution < 1.29 is 22.7 Å². The minimum atomic E-state index is -3.80. The molecule has 156 valence electrons. The van der Waals surface area contributed by atoms with Gasteiger partial charge in [0.1, 0.15) is 0 Å². The topological polar surface area (TPSA) is 84.9 Å². The van der Waals surface area contributed by atoms with Crippen molar-refractivity contribution >= 4 is 21.6 Å². The van der Waals surface area contributed by atoms with Crippen molar-refractivity contribution in [3.63, 3.8) is 0 Å². The van der Waals surface area contributed by atoms with Crippen LogP contribution in [0.4, 0.5) is 5.69 Å². The molecule has 1 N–H and O–H groups in total. The Hall–Kier alpha value is -2.42. The zero-order valence-corrected chi connectivity index (χ0v) is 17.4. The highest BCUT2D eigenvalue weighted by Gasteiger charge is 2.28. The van der Waals surface area contributed by atoms with E-state index in [-0.39, 0.29) is 28.5 Å². The van der Waals surface area contributed by atoms with E-state index in [1.54, 1.807) is 43.5 Å². The molecule has 2 aromatic carbocycles. The van der Waals surface area contributed by atoms with Gasteiger partial charge in [-0.3, -0.25) is 9.10 Å². The van der Waals surface area contributed by atoms with E-state index in [1.807, 2.05) is 6.07 Å². The molecule has 1 amide bonds. The predicted octanol–water partition coefficient (Wildman–Crippen LogP) is 2.44. The van der Waals surface area contributed by atoms with Gasteiger partial charge in [0.2, 0.25) is 0 Å². The van der Waals surface area contributed by atoms with Gasteiger partial charge in [-0.05, 0) is 43.2 Å². The Bertz CT molecular complexity index is 927. The molecule has 2 aromatic rings. The fraction of sp³-hybridized carbons (Fsp3) is 0.381. The Morgan fingerprint density at radius 1 is 1.24 bits per heavy atom. The molecule has 29 heavy (non-hydrogen) atoms. The Kier molecular flexibility index (Phi) is 6.89. The second kappa shape index (κ2) is 9.39. The summed E-state index contributed by atoms with van der Waals surface area (Å²) in [5, 5.41) is 2.92. The number of methoxy groups -OCH3 is 1. The van der Waals surface area contributed by atoms with E-state index in [4.69, 9.17) is 9.47 Å². The van der Waals surface area contributed by atoms with Gasteiger partial charge in [-0.2, -0.15) is 0 Å².